The van der Waals surface area contributed by atoms with E-state index in [0.29, 0.717) is 0 Å². The highest BCUT2D eigenvalue weighted by Crippen LogP contribution is 2.55. The Morgan fingerprint density at radius 1 is 0.339 bits per heavy atom. The Bertz CT molecular complexity index is 3190. The van der Waals surface area contributed by atoms with Gasteiger partial charge in [-0.05, 0) is 86.5 Å². The van der Waals surface area contributed by atoms with Crippen molar-refractivity contribution in [2.24, 2.45) is 0 Å². The van der Waals surface area contributed by atoms with Gasteiger partial charge in [0, 0.05) is 42.3 Å². The Balaban J connectivity index is 1.20. The molecule has 0 spiro atoms. The predicted molar refractivity (Wildman–Crippen MR) is 253 cm³/mol. The van der Waals surface area contributed by atoms with Gasteiger partial charge in [-0.25, -0.2) is 0 Å². The Kier molecular flexibility index (Phi) is 8.43. The van der Waals surface area contributed by atoms with Crippen molar-refractivity contribution in [1.29, 1.82) is 0 Å². The Morgan fingerprint density at radius 2 is 0.898 bits per heavy atom. The number of thiophene rings is 1. The highest BCUT2D eigenvalue weighted by Gasteiger charge is 2.37. The third kappa shape index (κ3) is 5.82. The Hall–Kier alpha value is -7.00. The lowest BCUT2D eigenvalue weighted by Crippen LogP contribution is -2.15. The van der Waals surface area contributed by atoms with E-state index in [9.17, 15) is 0 Å². The van der Waals surface area contributed by atoms with Crippen molar-refractivity contribution in [2.45, 2.75) is 19.3 Å². The zero-order valence-electron chi connectivity index (χ0n) is 33.1. The molecule has 10 aromatic rings. The van der Waals surface area contributed by atoms with E-state index in [0.717, 1.165) is 17.1 Å². The molecule has 0 amide bonds. The van der Waals surface area contributed by atoms with Crippen LogP contribution in [0, 0.1) is 0 Å². The van der Waals surface area contributed by atoms with Crippen LogP contribution in [0.5, 0.6) is 0 Å². The molecule has 11 rings (SSSR count). The lowest BCUT2D eigenvalue weighted by molar-refractivity contribution is 0.660. The molecule has 0 aliphatic heterocycles. The highest BCUT2D eigenvalue weighted by atomic mass is 32.1. The van der Waals surface area contributed by atoms with Gasteiger partial charge in [0.05, 0.1) is 17.1 Å². The summed E-state index contributed by atoms with van der Waals surface area (Å²) in [5.41, 5.74) is 18.2. The summed E-state index contributed by atoms with van der Waals surface area (Å²) in [6, 6.07) is 78.2. The van der Waals surface area contributed by atoms with Crippen molar-refractivity contribution in [1.82, 2.24) is 0 Å². The zero-order valence-corrected chi connectivity index (χ0v) is 33.9. The van der Waals surface area contributed by atoms with Crippen LogP contribution in [-0.2, 0) is 5.41 Å². The van der Waals surface area contributed by atoms with Crippen LogP contribution < -0.4 is 4.90 Å². The van der Waals surface area contributed by atoms with E-state index in [1.807, 2.05) is 11.3 Å². The van der Waals surface area contributed by atoms with Crippen LogP contribution in [0.15, 0.2) is 212 Å². The second-order valence-electron chi connectivity index (χ2n) is 16.0. The average Bonchev–Trinajstić information content (AvgIpc) is 3.79. The second-order valence-corrected chi connectivity index (χ2v) is 17.1. The van der Waals surface area contributed by atoms with Crippen LogP contribution in [0.3, 0.4) is 0 Å². The number of fused-ring (bicyclic) bond motifs is 6. The van der Waals surface area contributed by atoms with Gasteiger partial charge < -0.3 is 4.90 Å². The molecule has 2 heteroatoms. The van der Waals surface area contributed by atoms with Gasteiger partial charge in [0.2, 0.25) is 0 Å². The van der Waals surface area contributed by atoms with Crippen molar-refractivity contribution < 1.29 is 0 Å². The van der Waals surface area contributed by atoms with Gasteiger partial charge in [-0.3, -0.25) is 0 Å². The van der Waals surface area contributed by atoms with Crippen molar-refractivity contribution in [2.75, 3.05) is 4.90 Å². The minimum Gasteiger partial charge on any atom is -0.309 e. The van der Waals surface area contributed by atoms with E-state index >= 15 is 0 Å². The molecule has 0 saturated heterocycles. The molecule has 1 aliphatic rings. The number of rotatable bonds is 7. The van der Waals surface area contributed by atoms with E-state index in [1.54, 1.807) is 0 Å². The van der Waals surface area contributed by atoms with E-state index in [1.165, 1.54) is 86.9 Å². The lowest BCUT2D eigenvalue weighted by Gasteiger charge is -2.32. The topological polar surface area (TPSA) is 3.24 Å². The summed E-state index contributed by atoms with van der Waals surface area (Å²) in [7, 11) is 0. The van der Waals surface area contributed by atoms with Crippen molar-refractivity contribution in [3.05, 3.63) is 223 Å². The first-order valence-corrected chi connectivity index (χ1v) is 21.2. The number of nitrogens with zero attached hydrogens (tertiary/aromatic N) is 1. The fraction of sp³-hybridized carbons (Fsp3) is 0.0526. The summed E-state index contributed by atoms with van der Waals surface area (Å²) in [4.78, 5) is 2.53. The average molecular weight is 772 g/mol. The quantitative estimate of drug-likeness (QED) is 0.156. The van der Waals surface area contributed by atoms with Gasteiger partial charge in [0.15, 0.2) is 0 Å². The molecule has 0 radical (unpaired) electrons. The number of benzene rings is 9. The van der Waals surface area contributed by atoms with Crippen molar-refractivity contribution >= 4 is 48.6 Å². The SMILES string of the molecule is CC1(C)c2ccccc2-c2c(-c3ccccc3N(c3ccccc3-c3ccc4c(c3)sc3ccccc34)c3ccc(-c4ccccc4)cc3-c3ccccc3)cccc21. The molecular formula is C57H41NS. The third-order valence-corrected chi connectivity index (χ3v) is 13.4. The van der Waals surface area contributed by atoms with E-state index in [4.69, 9.17) is 0 Å². The summed E-state index contributed by atoms with van der Waals surface area (Å²) < 4.78 is 2.61. The highest BCUT2D eigenvalue weighted by molar-refractivity contribution is 7.25. The fourth-order valence-electron chi connectivity index (χ4n) is 9.46. The fourth-order valence-corrected chi connectivity index (χ4v) is 10.6. The molecule has 0 fully saturated rings. The first-order chi connectivity index (χ1) is 29.0. The van der Waals surface area contributed by atoms with Crippen molar-refractivity contribution in [3.8, 4) is 55.6 Å². The van der Waals surface area contributed by atoms with Crippen LogP contribution in [-0.4, -0.2) is 0 Å². The van der Waals surface area contributed by atoms with Gasteiger partial charge in [-0.15, -0.1) is 11.3 Å². The molecule has 0 saturated carbocycles. The minimum atomic E-state index is -0.109. The van der Waals surface area contributed by atoms with Gasteiger partial charge >= 0.3 is 0 Å². The molecule has 1 heterocycles. The molecule has 0 unspecified atom stereocenters. The normalized spacial score (nSPS) is 12.7. The Morgan fingerprint density at radius 3 is 1.69 bits per heavy atom. The number of hydrogen-bond acceptors (Lipinski definition) is 2. The molecule has 0 atom stereocenters. The number of anilines is 3. The van der Waals surface area contributed by atoms with E-state index in [2.05, 4.69) is 231 Å². The lowest BCUT2D eigenvalue weighted by atomic mass is 9.82. The summed E-state index contributed by atoms with van der Waals surface area (Å²) >= 11 is 1.87. The molecule has 59 heavy (non-hydrogen) atoms. The number of para-hydroxylation sites is 2. The van der Waals surface area contributed by atoms with Crippen LogP contribution in [0.25, 0.3) is 75.8 Å². The maximum absolute atomic E-state index is 2.53. The van der Waals surface area contributed by atoms with Crippen LogP contribution in [0.4, 0.5) is 17.1 Å². The first-order valence-electron chi connectivity index (χ1n) is 20.4. The van der Waals surface area contributed by atoms with Crippen molar-refractivity contribution in [3.63, 3.8) is 0 Å². The molecule has 9 aromatic carbocycles. The zero-order chi connectivity index (χ0) is 39.5. The molecule has 1 aromatic heterocycles. The molecule has 1 aliphatic carbocycles. The van der Waals surface area contributed by atoms with Gasteiger partial charge in [-0.1, -0.05) is 190 Å². The molecule has 0 bridgehead atoms. The van der Waals surface area contributed by atoms with Gasteiger partial charge in [0.25, 0.3) is 0 Å². The smallest absolute Gasteiger partial charge is 0.0540 e. The van der Waals surface area contributed by atoms with Gasteiger partial charge in [-0.2, -0.15) is 0 Å². The number of hydrogen-bond donors (Lipinski definition) is 0. The van der Waals surface area contributed by atoms with Crippen LogP contribution in [0.1, 0.15) is 25.0 Å². The maximum atomic E-state index is 2.53. The monoisotopic (exact) mass is 771 g/mol. The molecule has 1 nitrogen and oxygen atoms in total. The summed E-state index contributed by atoms with van der Waals surface area (Å²) in [6.07, 6.45) is 0. The maximum Gasteiger partial charge on any atom is 0.0540 e. The van der Waals surface area contributed by atoms with E-state index < -0.39 is 0 Å². The second kappa shape index (κ2) is 14.1. The standard InChI is InChI=1S/C57H41NS/c1-57(2)49-27-13-9-25-47(49)56-46(26-17-28-50(56)57)43-23-11-15-30-52(43)58(53-35-33-40(38-18-5-3-6-19-38)36-48(53)39-20-7-4-8-21-39)51-29-14-10-22-42(51)41-32-34-45-44-24-12-16-31-54(44)59-55(45)37-41/h3-37H,1-2H3. The molecule has 0 N–H and O–H groups in total. The first kappa shape index (κ1) is 35.2. The predicted octanol–water partition coefficient (Wildman–Crippen LogP) is 16.5. The third-order valence-electron chi connectivity index (χ3n) is 12.3. The summed E-state index contributed by atoms with van der Waals surface area (Å²) in [5, 5.41) is 2.62. The summed E-state index contributed by atoms with van der Waals surface area (Å²) in [6.45, 7) is 4.73. The molecular weight excluding hydrogens is 731 g/mol. The van der Waals surface area contributed by atoms with Crippen LogP contribution in [0.2, 0.25) is 0 Å². The van der Waals surface area contributed by atoms with E-state index in [-0.39, 0.29) is 5.41 Å². The summed E-state index contributed by atoms with van der Waals surface area (Å²) in [5.74, 6) is 0. The minimum absolute atomic E-state index is 0.109. The Labute approximate surface area is 350 Å². The largest absolute Gasteiger partial charge is 0.309 e. The van der Waals surface area contributed by atoms with Crippen LogP contribution >= 0.6 is 11.3 Å². The van der Waals surface area contributed by atoms with Gasteiger partial charge in [0.1, 0.15) is 0 Å². The molecule has 280 valence electrons.